The van der Waals surface area contributed by atoms with Crippen LogP contribution in [0.25, 0.3) is 11.0 Å². The van der Waals surface area contributed by atoms with Crippen molar-refractivity contribution in [2.24, 2.45) is 0 Å². The lowest BCUT2D eigenvalue weighted by atomic mass is 9.97. The van der Waals surface area contributed by atoms with Crippen LogP contribution >= 0.6 is 0 Å². The molecule has 1 heterocycles. The van der Waals surface area contributed by atoms with Gasteiger partial charge in [-0.2, -0.15) is 0 Å². The van der Waals surface area contributed by atoms with E-state index in [2.05, 4.69) is 6.92 Å². The number of methoxy groups -OCH3 is 2. The number of fused-ring (bicyclic) bond motifs is 1. The number of carbonyl (C=O) groups excluding carboxylic acids is 1. The maximum absolute atomic E-state index is 13.4. The maximum atomic E-state index is 13.4. The second-order valence-corrected chi connectivity index (χ2v) is 9.83. The van der Waals surface area contributed by atoms with E-state index in [-0.39, 0.29) is 11.0 Å². The molecule has 0 bridgehead atoms. The zero-order chi connectivity index (χ0) is 25.8. The minimum Gasteiger partial charge on any atom is -0.496 e. The normalized spacial score (nSPS) is 11.3. The van der Waals surface area contributed by atoms with Gasteiger partial charge < -0.3 is 13.9 Å². The summed E-state index contributed by atoms with van der Waals surface area (Å²) in [5, 5.41) is 0.402. The third-order valence-corrected chi connectivity index (χ3v) is 7.25. The number of esters is 1. The van der Waals surface area contributed by atoms with E-state index in [1.54, 1.807) is 7.11 Å². The van der Waals surface area contributed by atoms with Crippen LogP contribution in [0.4, 0.5) is 0 Å². The minimum atomic E-state index is -0.637. The van der Waals surface area contributed by atoms with Crippen LogP contribution in [-0.2, 0) is 11.2 Å². The molecule has 0 aliphatic rings. The number of unbranched alkanes of at least 4 members (excludes halogenated alkanes) is 12. The van der Waals surface area contributed by atoms with Gasteiger partial charge in [0.2, 0.25) is 5.43 Å². The van der Waals surface area contributed by atoms with Crippen molar-refractivity contribution >= 4 is 16.9 Å². The van der Waals surface area contributed by atoms with E-state index in [4.69, 9.17) is 13.9 Å². The molecule has 0 atom stereocenters. The lowest BCUT2D eigenvalue weighted by Crippen LogP contribution is -2.21. The molecule has 1 aromatic carbocycles. The molecule has 0 N–H and O–H groups in total. The topological polar surface area (TPSA) is 65.7 Å². The molecule has 1 aromatic heterocycles. The number of aryl methyl sites for hydroxylation is 3. The fourth-order valence-electron chi connectivity index (χ4n) is 5.01. The summed E-state index contributed by atoms with van der Waals surface area (Å²) in [5.74, 6) is 0.453. The Morgan fingerprint density at radius 2 is 1.26 bits per heavy atom. The SMILES string of the molecule is CCCCCCCCCCCCCCCc1oc2c(C)c(C)c(OC)c(C)c2c(=O)c1C(=O)OC. The van der Waals surface area contributed by atoms with Gasteiger partial charge in [0.1, 0.15) is 22.7 Å². The minimum absolute atomic E-state index is 0.0207. The highest BCUT2D eigenvalue weighted by molar-refractivity contribution is 5.96. The second-order valence-electron chi connectivity index (χ2n) is 9.83. The second kappa shape index (κ2) is 15.0. The Hall–Kier alpha value is -2.30. The van der Waals surface area contributed by atoms with Gasteiger partial charge >= 0.3 is 5.97 Å². The summed E-state index contributed by atoms with van der Waals surface area (Å²) in [6.45, 7) is 7.98. The van der Waals surface area contributed by atoms with Gasteiger partial charge in [0.15, 0.2) is 0 Å². The standard InChI is InChI=1S/C30H46O5/c1-7-8-9-10-11-12-13-14-15-16-17-18-19-20-24-26(30(32)34-6)27(31)25-23(4)28(33-5)21(2)22(3)29(25)35-24/h7-20H2,1-6H3. The molecular formula is C30H46O5. The molecule has 2 rings (SSSR count). The number of ether oxygens (including phenoxy) is 2. The van der Waals surface area contributed by atoms with E-state index in [0.29, 0.717) is 34.5 Å². The molecule has 0 radical (unpaired) electrons. The quantitative estimate of drug-likeness (QED) is 0.177. The Morgan fingerprint density at radius 1 is 0.743 bits per heavy atom. The van der Waals surface area contributed by atoms with Crippen molar-refractivity contribution in [2.75, 3.05) is 14.2 Å². The predicted octanol–water partition coefficient (Wildman–Crippen LogP) is 8.15. The average molecular weight is 487 g/mol. The Kier molecular flexibility index (Phi) is 12.4. The van der Waals surface area contributed by atoms with Gasteiger partial charge in [-0.15, -0.1) is 0 Å². The summed E-state index contributed by atoms with van der Waals surface area (Å²) >= 11 is 0. The van der Waals surface area contributed by atoms with E-state index >= 15 is 0 Å². The lowest BCUT2D eigenvalue weighted by molar-refractivity contribution is 0.0595. The molecular weight excluding hydrogens is 440 g/mol. The molecule has 0 unspecified atom stereocenters. The molecule has 0 fully saturated rings. The van der Waals surface area contributed by atoms with Gasteiger partial charge in [0.25, 0.3) is 0 Å². The van der Waals surface area contributed by atoms with E-state index in [1.165, 1.54) is 71.3 Å². The highest BCUT2D eigenvalue weighted by atomic mass is 16.5. The Labute approximate surface area is 211 Å². The molecule has 0 saturated heterocycles. The molecule has 0 amide bonds. The maximum Gasteiger partial charge on any atom is 0.345 e. The Balaban J connectivity index is 1.97. The zero-order valence-electron chi connectivity index (χ0n) is 22.9. The highest BCUT2D eigenvalue weighted by Gasteiger charge is 2.25. The number of hydrogen-bond donors (Lipinski definition) is 0. The molecule has 5 nitrogen and oxygen atoms in total. The van der Waals surface area contributed by atoms with Crippen molar-refractivity contribution in [3.63, 3.8) is 0 Å². The van der Waals surface area contributed by atoms with Crippen molar-refractivity contribution in [1.29, 1.82) is 0 Å². The third-order valence-electron chi connectivity index (χ3n) is 7.25. The monoisotopic (exact) mass is 486 g/mol. The van der Waals surface area contributed by atoms with Gasteiger partial charge in [-0.05, 0) is 38.3 Å². The van der Waals surface area contributed by atoms with Crippen LogP contribution in [-0.4, -0.2) is 20.2 Å². The first-order valence-electron chi connectivity index (χ1n) is 13.6. The van der Waals surface area contributed by atoms with Gasteiger partial charge in [-0.1, -0.05) is 84.0 Å². The molecule has 35 heavy (non-hydrogen) atoms. The zero-order valence-corrected chi connectivity index (χ0v) is 22.9. The summed E-state index contributed by atoms with van der Waals surface area (Å²) < 4.78 is 16.7. The van der Waals surface area contributed by atoms with E-state index < -0.39 is 5.97 Å². The summed E-state index contributed by atoms with van der Waals surface area (Å²) in [5.41, 5.74) is 2.73. The average Bonchev–Trinajstić information content (AvgIpc) is 2.85. The van der Waals surface area contributed by atoms with Crippen molar-refractivity contribution in [3.05, 3.63) is 38.2 Å². The Morgan fingerprint density at radius 3 is 1.74 bits per heavy atom. The van der Waals surface area contributed by atoms with Gasteiger partial charge in [0, 0.05) is 12.0 Å². The Bertz CT molecular complexity index is 1020. The van der Waals surface area contributed by atoms with E-state index in [9.17, 15) is 9.59 Å². The van der Waals surface area contributed by atoms with Crippen LogP contribution in [0.2, 0.25) is 0 Å². The fraction of sp³-hybridized carbons (Fsp3) is 0.667. The van der Waals surface area contributed by atoms with Crippen LogP contribution in [0.3, 0.4) is 0 Å². The van der Waals surface area contributed by atoms with Crippen LogP contribution in [0, 0.1) is 20.8 Å². The van der Waals surface area contributed by atoms with Crippen molar-refractivity contribution in [1.82, 2.24) is 0 Å². The van der Waals surface area contributed by atoms with Crippen molar-refractivity contribution in [3.8, 4) is 5.75 Å². The predicted molar refractivity (Wildman–Crippen MR) is 144 cm³/mol. The lowest BCUT2D eigenvalue weighted by Gasteiger charge is -2.16. The van der Waals surface area contributed by atoms with Gasteiger partial charge in [-0.25, -0.2) is 4.79 Å². The summed E-state index contributed by atoms with van der Waals surface area (Å²) in [6, 6.07) is 0. The highest BCUT2D eigenvalue weighted by Crippen LogP contribution is 2.34. The van der Waals surface area contributed by atoms with Gasteiger partial charge in [0.05, 0.1) is 19.6 Å². The first-order valence-corrected chi connectivity index (χ1v) is 13.6. The third kappa shape index (κ3) is 7.59. The first-order chi connectivity index (χ1) is 16.9. The summed E-state index contributed by atoms with van der Waals surface area (Å²) in [4.78, 5) is 26.0. The fourth-order valence-corrected chi connectivity index (χ4v) is 5.01. The number of hydrogen-bond acceptors (Lipinski definition) is 5. The summed E-state index contributed by atoms with van der Waals surface area (Å²) in [6.07, 6.45) is 17.0. The summed E-state index contributed by atoms with van der Waals surface area (Å²) in [7, 11) is 2.89. The van der Waals surface area contributed by atoms with Crippen molar-refractivity contribution in [2.45, 2.75) is 118 Å². The first kappa shape index (κ1) is 28.9. The molecule has 0 spiro atoms. The largest absolute Gasteiger partial charge is 0.496 e. The van der Waals surface area contributed by atoms with Crippen LogP contribution in [0.5, 0.6) is 5.75 Å². The smallest absolute Gasteiger partial charge is 0.345 e. The van der Waals surface area contributed by atoms with Crippen molar-refractivity contribution < 1.29 is 18.7 Å². The van der Waals surface area contributed by atoms with E-state index in [1.807, 2.05) is 20.8 Å². The van der Waals surface area contributed by atoms with Crippen LogP contribution in [0.15, 0.2) is 9.21 Å². The van der Waals surface area contributed by atoms with Crippen LogP contribution in [0.1, 0.15) is 123 Å². The molecule has 2 aromatic rings. The molecule has 0 aliphatic heterocycles. The molecule has 196 valence electrons. The molecule has 5 heteroatoms. The number of rotatable bonds is 16. The molecule has 0 aliphatic carbocycles. The number of benzene rings is 1. The van der Waals surface area contributed by atoms with Gasteiger partial charge in [-0.3, -0.25) is 4.79 Å². The van der Waals surface area contributed by atoms with Crippen LogP contribution < -0.4 is 10.2 Å². The van der Waals surface area contributed by atoms with E-state index in [0.717, 1.165) is 30.4 Å². The number of carbonyl (C=O) groups is 1. The molecule has 0 saturated carbocycles.